The number of hydrogen-bond donors (Lipinski definition) is 0. The van der Waals surface area contributed by atoms with Gasteiger partial charge in [-0.15, -0.1) is 13.2 Å². The van der Waals surface area contributed by atoms with Crippen molar-refractivity contribution in [2.24, 2.45) is 0 Å². The van der Waals surface area contributed by atoms with E-state index in [0.29, 0.717) is 7.99 Å². The summed E-state index contributed by atoms with van der Waals surface area (Å²) in [5.74, 6) is 0. The normalized spacial score (nSPS) is 22.5. The Labute approximate surface area is 86.0 Å². The Balaban J connectivity index is 4.23. The molecule has 0 rings (SSSR count). The lowest BCUT2D eigenvalue weighted by molar-refractivity contribution is 1.41. The molecule has 0 fully saturated rings. The van der Waals surface area contributed by atoms with Crippen LogP contribution in [0.4, 0.5) is 0 Å². The maximum atomic E-state index is 3.90. The van der Waals surface area contributed by atoms with E-state index in [0.717, 1.165) is 0 Å². The molecule has 0 aliphatic heterocycles. The molecule has 0 aliphatic carbocycles. The maximum Gasteiger partial charge on any atom is 0.0231 e. The van der Waals surface area contributed by atoms with Crippen molar-refractivity contribution in [3.05, 3.63) is 25.3 Å². The minimum Gasteiger partial charge on any atom is -0.157 e. The predicted octanol–water partition coefficient (Wildman–Crippen LogP) is -3.14. The van der Waals surface area contributed by atoms with Gasteiger partial charge in [0.05, 0.1) is 0 Å². The van der Waals surface area contributed by atoms with E-state index in [4.69, 9.17) is 0 Å². The second kappa shape index (κ2) is 4.08. The first-order chi connectivity index (χ1) is 4.83. The van der Waals surface area contributed by atoms with Crippen LogP contribution in [0.5, 0.6) is 0 Å². The molecule has 0 aromatic rings. The Morgan fingerprint density at radius 3 is 1.36 bits per heavy atom. The standard InChI is InChI=1S/C6H18SSi4/c1-3-5(8,9)7-6(10,11)4-2/h3-4H,1-2H2,8-11H3. The molecule has 0 amide bonds. The van der Waals surface area contributed by atoms with Crippen LogP contribution in [-0.4, -0.2) is 49.0 Å². The van der Waals surface area contributed by atoms with Crippen molar-refractivity contribution in [2.45, 2.75) is 7.99 Å². The van der Waals surface area contributed by atoms with Crippen molar-refractivity contribution in [1.29, 1.82) is 0 Å². The average Bonchev–Trinajstić information content (AvgIpc) is 1.86. The molecule has 0 saturated carbocycles. The number of rotatable bonds is 4. The van der Waals surface area contributed by atoms with Crippen LogP contribution >= 0.6 is 11.8 Å². The molecule has 0 nitrogen and oxygen atoms in total. The van der Waals surface area contributed by atoms with Crippen molar-refractivity contribution < 1.29 is 0 Å². The summed E-state index contributed by atoms with van der Waals surface area (Å²) >= 11 is 2.11. The highest BCUT2D eigenvalue weighted by Crippen LogP contribution is 2.29. The minimum absolute atomic E-state index is 0.484. The molecule has 11 heavy (non-hydrogen) atoms. The highest BCUT2D eigenvalue weighted by atomic mass is 32.2. The van der Waals surface area contributed by atoms with Gasteiger partial charge >= 0.3 is 0 Å². The quantitative estimate of drug-likeness (QED) is 0.366. The molecule has 0 saturated heterocycles. The zero-order chi connectivity index (χ0) is 9.12. The third-order valence-electron chi connectivity index (χ3n) is 1.51. The van der Waals surface area contributed by atoms with E-state index in [2.05, 4.69) is 37.1 Å². The molecule has 0 aliphatic rings. The highest BCUT2D eigenvalue weighted by Gasteiger charge is 2.23. The summed E-state index contributed by atoms with van der Waals surface area (Å²) in [6, 6.07) is 0. The van der Waals surface area contributed by atoms with Crippen molar-refractivity contribution in [3.8, 4) is 0 Å². The van der Waals surface area contributed by atoms with Crippen LogP contribution in [0.25, 0.3) is 0 Å². The molecule has 0 unspecified atom stereocenters. The fourth-order valence-electron chi connectivity index (χ4n) is 0.761. The van der Waals surface area contributed by atoms with Crippen molar-refractivity contribution in [2.75, 3.05) is 0 Å². The van der Waals surface area contributed by atoms with Gasteiger partial charge < -0.3 is 0 Å². The summed E-state index contributed by atoms with van der Waals surface area (Å²) in [6.07, 6.45) is 4.29. The number of hydrogen-bond acceptors (Lipinski definition) is 1. The molecule has 0 spiro atoms. The Hall–Kier alpha value is 0.698. The molecular weight excluding hydrogens is 216 g/mol. The zero-order valence-corrected chi connectivity index (χ0v) is 16.8. The molecule has 0 bridgehead atoms. The molecule has 0 radical (unpaired) electrons. The van der Waals surface area contributed by atoms with Crippen LogP contribution in [0.15, 0.2) is 25.3 Å². The van der Waals surface area contributed by atoms with Gasteiger partial charge in [0, 0.05) is 49.0 Å². The molecule has 0 N–H and O–H groups in total. The zero-order valence-electron chi connectivity index (χ0n) is 7.98. The van der Waals surface area contributed by atoms with E-state index in [9.17, 15) is 0 Å². The van der Waals surface area contributed by atoms with Crippen LogP contribution in [0.1, 0.15) is 0 Å². The molecule has 0 heterocycles. The molecule has 0 aromatic carbocycles. The van der Waals surface area contributed by atoms with Gasteiger partial charge in [0.15, 0.2) is 0 Å². The first-order valence-corrected chi connectivity index (χ1v) is 8.62. The van der Waals surface area contributed by atoms with Crippen LogP contribution in [0.3, 0.4) is 0 Å². The molecular formula is C6H18SSi4. The van der Waals surface area contributed by atoms with E-state index in [-0.39, 0.29) is 0 Å². The summed E-state index contributed by atoms with van der Waals surface area (Å²) < 4.78 is 0.968. The monoisotopic (exact) mass is 234 g/mol. The summed E-state index contributed by atoms with van der Waals surface area (Å²) in [6.45, 7) is 7.79. The molecule has 0 aromatic heterocycles. The van der Waals surface area contributed by atoms with Gasteiger partial charge in [0.2, 0.25) is 0 Å². The van der Waals surface area contributed by atoms with E-state index in [1.54, 1.807) is 0 Å². The third-order valence-corrected chi connectivity index (χ3v) is 6.98. The fraction of sp³-hybridized carbons (Fsp3) is 0.333. The van der Waals surface area contributed by atoms with E-state index in [1.165, 1.54) is 41.0 Å². The SMILES string of the molecule is C=CC([SiH3])([SiH3])SC([SiH3])([SiH3])C=C. The second-order valence-corrected chi connectivity index (χ2v) is 21.2. The van der Waals surface area contributed by atoms with Gasteiger partial charge in [-0.1, -0.05) is 12.2 Å². The van der Waals surface area contributed by atoms with Gasteiger partial charge in [-0.2, -0.15) is 11.8 Å². The third kappa shape index (κ3) is 5.02. The largest absolute Gasteiger partial charge is 0.157 e. The van der Waals surface area contributed by atoms with Gasteiger partial charge in [0.1, 0.15) is 0 Å². The summed E-state index contributed by atoms with van der Waals surface area (Å²) in [7, 11) is 4.95. The van der Waals surface area contributed by atoms with Crippen molar-refractivity contribution in [1.82, 2.24) is 0 Å². The van der Waals surface area contributed by atoms with Crippen LogP contribution in [-0.2, 0) is 0 Å². The summed E-state index contributed by atoms with van der Waals surface area (Å²) in [5.41, 5.74) is 0. The molecule has 5 heteroatoms. The summed E-state index contributed by atoms with van der Waals surface area (Å²) in [5, 5.41) is 0. The topological polar surface area (TPSA) is 0 Å². The number of thioether (sulfide) groups is 1. The lowest BCUT2D eigenvalue weighted by atomic mass is 10.7. The Morgan fingerprint density at radius 2 is 1.18 bits per heavy atom. The molecule has 0 atom stereocenters. The van der Waals surface area contributed by atoms with Gasteiger partial charge in [-0.3, -0.25) is 0 Å². The summed E-state index contributed by atoms with van der Waals surface area (Å²) in [4.78, 5) is 0. The van der Waals surface area contributed by atoms with Crippen LogP contribution in [0, 0.1) is 0 Å². The highest BCUT2D eigenvalue weighted by molar-refractivity contribution is 8.06. The minimum atomic E-state index is 0.484. The van der Waals surface area contributed by atoms with E-state index in [1.807, 2.05) is 0 Å². The lowest BCUT2D eigenvalue weighted by Gasteiger charge is -2.30. The average molecular weight is 235 g/mol. The first kappa shape index (κ1) is 11.7. The van der Waals surface area contributed by atoms with Crippen molar-refractivity contribution in [3.63, 3.8) is 0 Å². The Kier molecular flexibility index (Phi) is 4.34. The van der Waals surface area contributed by atoms with Gasteiger partial charge in [-0.25, -0.2) is 0 Å². The first-order valence-electron chi connectivity index (χ1n) is 3.80. The Morgan fingerprint density at radius 1 is 0.909 bits per heavy atom. The van der Waals surface area contributed by atoms with Gasteiger partial charge in [-0.05, 0) is 0 Å². The predicted molar refractivity (Wildman–Crippen MR) is 73.2 cm³/mol. The Bertz CT molecular complexity index is 146. The van der Waals surface area contributed by atoms with E-state index >= 15 is 0 Å². The fourth-order valence-corrected chi connectivity index (χ4v) is 13.5. The van der Waals surface area contributed by atoms with Crippen LogP contribution in [0.2, 0.25) is 0 Å². The van der Waals surface area contributed by atoms with Gasteiger partial charge in [0.25, 0.3) is 0 Å². The maximum absolute atomic E-state index is 3.90. The van der Waals surface area contributed by atoms with E-state index < -0.39 is 0 Å². The molecule has 64 valence electrons. The second-order valence-electron chi connectivity index (χ2n) is 3.72. The van der Waals surface area contributed by atoms with Crippen LogP contribution < -0.4 is 0 Å². The van der Waals surface area contributed by atoms with Crippen molar-refractivity contribution >= 4 is 52.7 Å². The lowest BCUT2D eigenvalue weighted by Crippen LogP contribution is -2.33. The smallest absolute Gasteiger partial charge is 0.0231 e.